The molecule has 6 nitrogen and oxygen atoms in total. The molecule has 2 aromatic carbocycles. The van der Waals surface area contributed by atoms with E-state index in [1.165, 1.54) is 0 Å². The van der Waals surface area contributed by atoms with Crippen molar-refractivity contribution in [1.82, 2.24) is 0 Å². The van der Waals surface area contributed by atoms with Gasteiger partial charge in [0.1, 0.15) is 13.2 Å². The van der Waals surface area contributed by atoms with Gasteiger partial charge in [0.15, 0.2) is 0 Å². The molecule has 0 radical (unpaired) electrons. The molecule has 0 atom stereocenters. The number of aryl methyl sites for hydroxylation is 1. The number of amides is 1. The minimum atomic E-state index is 0.190. The number of rotatable bonds is 7. The van der Waals surface area contributed by atoms with Crippen molar-refractivity contribution in [2.45, 2.75) is 27.1 Å². The Kier molecular flexibility index (Phi) is 6.33. The second-order valence-corrected chi connectivity index (χ2v) is 5.24. The largest absolute Gasteiger partial charge is 0.474 e. The van der Waals surface area contributed by atoms with Crippen molar-refractivity contribution in [3.63, 3.8) is 0 Å². The van der Waals surface area contributed by atoms with Crippen LogP contribution in [0.4, 0.5) is 5.69 Å². The van der Waals surface area contributed by atoms with E-state index in [0.29, 0.717) is 24.6 Å². The third kappa shape index (κ3) is 4.82. The van der Waals surface area contributed by atoms with Gasteiger partial charge in [-0.05, 0) is 24.1 Å². The predicted octanol–water partition coefficient (Wildman–Crippen LogP) is 2.90. The highest BCUT2D eigenvalue weighted by molar-refractivity contribution is 5.76. The van der Waals surface area contributed by atoms with Gasteiger partial charge in [-0.15, -0.1) is 0 Å². The first-order valence-electron chi connectivity index (χ1n) is 7.53. The number of hydrazine groups is 1. The van der Waals surface area contributed by atoms with Crippen LogP contribution < -0.4 is 10.9 Å². The number of carbonyl (C=O) groups excluding carboxylic acids is 1. The Labute approximate surface area is 141 Å². The molecule has 0 bridgehead atoms. The minimum Gasteiger partial charge on any atom is -0.474 e. The topological polar surface area (TPSA) is 77.1 Å². The SMILES string of the molecule is CC(=NOCc1c(C)cccc1N(N)C=O)OCc1ccccc1. The number of carbonyl (C=O) groups is 1. The summed E-state index contributed by atoms with van der Waals surface area (Å²) < 4.78 is 5.53. The van der Waals surface area contributed by atoms with Gasteiger partial charge in [0.05, 0.1) is 5.69 Å². The molecule has 0 aliphatic rings. The molecular formula is C18H21N3O3. The van der Waals surface area contributed by atoms with Crippen molar-refractivity contribution < 1.29 is 14.4 Å². The summed E-state index contributed by atoms with van der Waals surface area (Å²) in [4.78, 5) is 16.2. The average molecular weight is 327 g/mol. The second kappa shape index (κ2) is 8.69. The molecule has 0 aliphatic carbocycles. The van der Waals surface area contributed by atoms with Crippen LogP contribution in [-0.2, 0) is 27.6 Å². The highest BCUT2D eigenvalue weighted by Gasteiger charge is 2.10. The van der Waals surface area contributed by atoms with Gasteiger partial charge in [-0.3, -0.25) is 9.80 Å². The molecule has 0 saturated carbocycles. The molecule has 1 amide bonds. The van der Waals surface area contributed by atoms with Crippen molar-refractivity contribution in [3.05, 3.63) is 65.2 Å². The van der Waals surface area contributed by atoms with E-state index < -0.39 is 0 Å². The first-order valence-corrected chi connectivity index (χ1v) is 7.53. The summed E-state index contributed by atoms with van der Waals surface area (Å²) in [6.45, 7) is 4.26. The molecule has 2 rings (SSSR count). The Morgan fingerprint density at radius 3 is 2.62 bits per heavy atom. The Bertz CT molecular complexity index is 702. The molecule has 0 fully saturated rings. The molecule has 2 N–H and O–H groups in total. The van der Waals surface area contributed by atoms with E-state index in [4.69, 9.17) is 15.4 Å². The zero-order chi connectivity index (χ0) is 17.4. The van der Waals surface area contributed by atoms with Gasteiger partial charge in [0.25, 0.3) is 0 Å². The number of hydrogen-bond donors (Lipinski definition) is 1. The van der Waals surface area contributed by atoms with E-state index in [0.717, 1.165) is 21.7 Å². The lowest BCUT2D eigenvalue weighted by Gasteiger charge is -2.16. The van der Waals surface area contributed by atoms with E-state index in [2.05, 4.69) is 5.16 Å². The highest BCUT2D eigenvalue weighted by Crippen LogP contribution is 2.22. The number of hydrogen-bond acceptors (Lipinski definition) is 5. The summed E-state index contributed by atoms with van der Waals surface area (Å²) >= 11 is 0. The fraction of sp³-hybridized carbons (Fsp3) is 0.222. The van der Waals surface area contributed by atoms with E-state index >= 15 is 0 Å². The Morgan fingerprint density at radius 1 is 1.17 bits per heavy atom. The quantitative estimate of drug-likeness (QED) is 0.212. The Hall–Kier alpha value is -2.86. The van der Waals surface area contributed by atoms with E-state index in [1.54, 1.807) is 13.0 Å². The molecule has 24 heavy (non-hydrogen) atoms. The molecule has 6 heteroatoms. The molecule has 0 saturated heterocycles. The summed E-state index contributed by atoms with van der Waals surface area (Å²) in [6.07, 6.45) is 0.551. The monoisotopic (exact) mass is 327 g/mol. The van der Waals surface area contributed by atoms with Crippen LogP contribution in [0.1, 0.15) is 23.6 Å². The molecular weight excluding hydrogens is 306 g/mol. The fourth-order valence-electron chi connectivity index (χ4n) is 2.15. The molecule has 0 unspecified atom stereocenters. The maximum Gasteiger partial charge on any atom is 0.228 e. The summed E-state index contributed by atoms with van der Waals surface area (Å²) in [7, 11) is 0. The second-order valence-electron chi connectivity index (χ2n) is 5.24. The molecule has 0 aliphatic heterocycles. The molecule has 2 aromatic rings. The lowest BCUT2D eigenvalue weighted by molar-refractivity contribution is -0.107. The number of nitrogens with zero attached hydrogens (tertiary/aromatic N) is 2. The first-order chi connectivity index (χ1) is 11.6. The van der Waals surface area contributed by atoms with Gasteiger partial charge in [-0.2, -0.15) is 0 Å². The molecule has 126 valence electrons. The molecule has 0 aromatic heterocycles. The van der Waals surface area contributed by atoms with Crippen LogP contribution in [0.15, 0.2) is 53.7 Å². The van der Waals surface area contributed by atoms with Crippen molar-refractivity contribution in [2.75, 3.05) is 5.01 Å². The van der Waals surface area contributed by atoms with E-state index in [9.17, 15) is 4.79 Å². The number of anilines is 1. The zero-order valence-corrected chi connectivity index (χ0v) is 13.8. The van der Waals surface area contributed by atoms with Crippen LogP contribution in [0.2, 0.25) is 0 Å². The number of benzene rings is 2. The lowest BCUT2D eigenvalue weighted by Crippen LogP contribution is -2.30. The summed E-state index contributed by atoms with van der Waals surface area (Å²) in [5, 5.41) is 4.97. The van der Waals surface area contributed by atoms with Gasteiger partial charge >= 0.3 is 0 Å². The van der Waals surface area contributed by atoms with Gasteiger partial charge in [-0.1, -0.05) is 47.6 Å². The van der Waals surface area contributed by atoms with Crippen LogP contribution in [-0.4, -0.2) is 12.3 Å². The smallest absolute Gasteiger partial charge is 0.228 e. The zero-order valence-electron chi connectivity index (χ0n) is 13.8. The minimum absolute atomic E-state index is 0.190. The first kappa shape index (κ1) is 17.5. The van der Waals surface area contributed by atoms with Crippen molar-refractivity contribution in [3.8, 4) is 0 Å². The standard InChI is InChI=1S/C18H21N3O3/c1-14-7-6-10-18(21(19)13-22)17(14)12-24-20-15(2)23-11-16-8-4-3-5-9-16/h3-10,13H,11-12,19H2,1-2H3. The van der Waals surface area contributed by atoms with Crippen LogP contribution in [0.5, 0.6) is 0 Å². The normalized spacial score (nSPS) is 11.0. The van der Waals surface area contributed by atoms with Gasteiger partial charge in [0.2, 0.25) is 12.3 Å². The van der Waals surface area contributed by atoms with Gasteiger partial charge in [0, 0.05) is 12.5 Å². The number of nitrogens with two attached hydrogens (primary N) is 1. The van der Waals surface area contributed by atoms with Crippen molar-refractivity contribution in [2.24, 2.45) is 11.0 Å². The third-order valence-electron chi connectivity index (χ3n) is 3.47. The summed E-state index contributed by atoms with van der Waals surface area (Å²) in [5.41, 5.74) is 3.40. The molecule has 0 spiro atoms. The summed E-state index contributed by atoms with van der Waals surface area (Å²) in [6, 6.07) is 15.3. The predicted molar refractivity (Wildman–Crippen MR) is 93.0 cm³/mol. The number of ether oxygens (including phenoxy) is 1. The van der Waals surface area contributed by atoms with E-state index in [-0.39, 0.29) is 6.61 Å². The van der Waals surface area contributed by atoms with Gasteiger partial charge < -0.3 is 9.57 Å². The maximum atomic E-state index is 10.9. The van der Waals surface area contributed by atoms with Crippen molar-refractivity contribution in [1.29, 1.82) is 0 Å². The average Bonchev–Trinajstić information content (AvgIpc) is 2.61. The fourth-order valence-corrected chi connectivity index (χ4v) is 2.15. The van der Waals surface area contributed by atoms with Crippen LogP contribution in [0, 0.1) is 6.92 Å². The third-order valence-corrected chi connectivity index (χ3v) is 3.47. The van der Waals surface area contributed by atoms with Crippen LogP contribution in [0.25, 0.3) is 0 Å². The van der Waals surface area contributed by atoms with Gasteiger partial charge in [-0.25, -0.2) is 5.84 Å². The maximum absolute atomic E-state index is 10.9. The van der Waals surface area contributed by atoms with Crippen LogP contribution in [0.3, 0.4) is 0 Å². The van der Waals surface area contributed by atoms with Crippen molar-refractivity contribution >= 4 is 18.0 Å². The molecule has 0 heterocycles. The van der Waals surface area contributed by atoms with E-state index in [1.807, 2.05) is 49.4 Å². The van der Waals surface area contributed by atoms with Crippen LogP contribution >= 0.6 is 0 Å². The summed E-state index contributed by atoms with van der Waals surface area (Å²) in [5.74, 6) is 6.08. The number of oxime groups is 1. The lowest BCUT2D eigenvalue weighted by atomic mass is 10.1. The Morgan fingerprint density at radius 2 is 1.92 bits per heavy atom. The highest BCUT2D eigenvalue weighted by atomic mass is 16.6. The Balaban J connectivity index is 1.94.